The number of anilines is 2. The van der Waals surface area contributed by atoms with Gasteiger partial charge < -0.3 is 4.74 Å². The Morgan fingerprint density at radius 2 is 1.97 bits per heavy atom. The molecule has 1 aromatic carbocycles. The van der Waals surface area contributed by atoms with Gasteiger partial charge in [-0.25, -0.2) is 19.2 Å². The summed E-state index contributed by atoms with van der Waals surface area (Å²) in [7, 11) is 1.70. The zero-order valence-corrected chi connectivity index (χ0v) is 17.4. The molecule has 0 spiro atoms. The van der Waals surface area contributed by atoms with Crippen molar-refractivity contribution in [2.75, 3.05) is 24.7 Å². The number of nitrogens with zero attached hydrogens (tertiary/aromatic N) is 4. The van der Waals surface area contributed by atoms with Crippen molar-refractivity contribution in [1.29, 1.82) is 0 Å². The van der Waals surface area contributed by atoms with E-state index in [0.29, 0.717) is 30.3 Å². The fraction of sp³-hybridized carbons (Fsp3) is 0.476. The minimum atomic E-state index is -0.337. The summed E-state index contributed by atoms with van der Waals surface area (Å²) in [6.07, 6.45) is 0. The van der Waals surface area contributed by atoms with Gasteiger partial charge in [-0.3, -0.25) is 13.9 Å². The summed E-state index contributed by atoms with van der Waals surface area (Å²) in [5.41, 5.74) is 2.72. The highest BCUT2D eigenvalue weighted by molar-refractivity contribution is 5.70. The lowest BCUT2D eigenvalue weighted by Crippen LogP contribution is -2.52. The summed E-state index contributed by atoms with van der Waals surface area (Å²) in [6, 6.07) is 8.33. The first kappa shape index (κ1) is 19.4. The number of imidazole rings is 1. The molecule has 4 rings (SSSR count). The second kappa shape index (κ2) is 7.51. The Balaban J connectivity index is 1.91. The van der Waals surface area contributed by atoms with Crippen molar-refractivity contribution in [2.45, 2.75) is 33.9 Å². The number of aromatic nitrogens is 4. The lowest BCUT2D eigenvalue weighted by Gasteiger charge is -2.26. The molecule has 1 aliphatic heterocycles. The molecule has 1 atom stereocenters. The van der Waals surface area contributed by atoms with Gasteiger partial charge >= 0.3 is 11.6 Å². The van der Waals surface area contributed by atoms with E-state index in [1.54, 1.807) is 7.05 Å². The van der Waals surface area contributed by atoms with Gasteiger partial charge in [-0.05, 0) is 26.0 Å². The average Bonchev–Trinajstić information content (AvgIpc) is 3.08. The number of fused-ring (bicyclic) bond motifs is 3. The van der Waals surface area contributed by atoms with Gasteiger partial charge in [0.15, 0.2) is 0 Å². The van der Waals surface area contributed by atoms with Crippen LogP contribution in [0.2, 0.25) is 0 Å². The van der Waals surface area contributed by atoms with E-state index >= 15 is 0 Å². The molecular formula is C21H28N5O3+. The Morgan fingerprint density at radius 3 is 2.66 bits per heavy atom. The van der Waals surface area contributed by atoms with Crippen LogP contribution in [0.3, 0.4) is 0 Å². The van der Waals surface area contributed by atoms with Crippen molar-refractivity contribution in [1.82, 2.24) is 14.1 Å². The first-order chi connectivity index (χ1) is 13.9. The van der Waals surface area contributed by atoms with Crippen LogP contribution in [0, 0.1) is 12.8 Å². The molecule has 0 bridgehead atoms. The van der Waals surface area contributed by atoms with E-state index in [1.165, 1.54) is 14.7 Å². The highest BCUT2D eigenvalue weighted by Crippen LogP contribution is 2.28. The van der Waals surface area contributed by atoms with E-state index in [-0.39, 0.29) is 17.8 Å². The smallest absolute Gasteiger partial charge is 0.364 e. The molecule has 0 saturated heterocycles. The maximum atomic E-state index is 13.3. The minimum absolute atomic E-state index is 0.243. The number of rotatable bonds is 5. The standard InChI is InChI=1S/C21H27N5O3/c1-5-29-11-10-24-19(27)17-18(23(4)21(24)28)22-20-25(12-15(3)13-26(17)20)16-8-6-14(2)7-9-16/h6-9,15H,5,10-13H2,1-4H3/p+1/t15-/m1/s1. The molecule has 0 saturated carbocycles. The molecule has 3 heterocycles. The zero-order chi connectivity index (χ0) is 20.7. The Hall–Kier alpha value is -2.87. The topological polar surface area (TPSA) is 76.1 Å². The Morgan fingerprint density at radius 1 is 1.24 bits per heavy atom. The molecule has 8 heteroatoms. The largest absolute Gasteiger partial charge is 0.380 e. The van der Waals surface area contributed by atoms with Crippen molar-refractivity contribution >= 4 is 22.8 Å². The van der Waals surface area contributed by atoms with Crippen LogP contribution in [0.5, 0.6) is 0 Å². The molecule has 154 valence electrons. The number of aryl methyl sites for hydroxylation is 2. The number of H-pyrrole nitrogens is 1. The van der Waals surface area contributed by atoms with Crippen LogP contribution in [0.15, 0.2) is 33.9 Å². The third kappa shape index (κ3) is 3.27. The number of hydrogen-bond donors (Lipinski definition) is 1. The van der Waals surface area contributed by atoms with Crippen LogP contribution in [0.1, 0.15) is 19.4 Å². The summed E-state index contributed by atoms with van der Waals surface area (Å²) in [5.74, 6) is 1.18. The van der Waals surface area contributed by atoms with Gasteiger partial charge in [-0.15, -0.1) is 0 Å². The quantitative estimate of drug-likeness (QED) is 0.521. The fourth-order valence-electron chi connectivity index (χ4n) is 4.03. The van der Waals surface area contributed by atoms with Crippen LogP contribution in [0.25, 0.3) is 11.2 Å². The Bertz CT molecular complexity index is 1160. The summed E-state index contributed by atoms with van der Waals surface area (Å²) in [6.45, 7) is 8.81. The molecular weight excluding hydrogens is 370 g/mol. The molecule has 3 aromatic rings. The minimum Gasteiger partial charge on any atom is -0.380 e. The third-order valence-electron chi connectivity index (χ3n) is 5.53. The van der Waals surface area contributed by atoms with Crippen LogP contribution in [-0.2, 0) is 24.9 Å². The monoisotopic (exact) mass is 398 g/mol. The van der Waals surface area contributed by atoms with Crippen molar-refractivity contribution < 1.29 is 9.30 Å². The maximum absolute atomic E-state index is 13.3. The van der Waals surface area contributed by atoms with Crippen molar-refractivity contribution in [3.05, 3.63) is 50.7 Å². The molecule has 29 heavy (non-hydrogen) atoms. The van der Waals surface area contributed by atoms with Crippen LogP contribution >= 0.6 is 0 Å². The number of aromatic amines is 1. The molecule has 0 aliphatic carbocycles. The lowest BCUT2D eigenvalue weighted by molar-refractivity contribution is -0.669. The van der Waals surface area contributed by atoms with E-state index in [2.05, 4.69) is 48.0 Å². The van der Waals surface area contributed by atoms with Crippen LogP contribution < -0.4 is 20.7 Å². The van der Waals surface area contributed by atoms with Gasteiger partial charge in [-0.2, -0.15) is 0 Å². The predicted octanol–water partition coefficient (Wildman–Crippen LogP) is 1.45. The molecule has 0 radical (unpaired) electrons. The maximum Gasteiger partial charge on any atom is 0.364 e. The van der Waals surface area contributed by atoms with E-state index in [4.69, 9.17) is 4.74 Å². The summed E-state index contributed by atoms with van der Waals surface area (Å²) in [4.78, 5) is 31.6. The van der Waals surface area contributed by atoms with Crippen molar-refractivity contribution in [3.8, 4) is 0 Å². The summed E-state index contributed by atoms with van der Waals surface area (Å²) < 4.78 is 10.2. The van der Waals surface area contributed by atoms with Gasteiger partial charge in [0.25, 0.3) is 5.56 Å². The van der Waals surface area contributed by atoms with Crippen LogP contribution in [-0.4, -0.2) is 33.9 Å². The molecule has 0 unspecified atom stereocenters. The predicted molar refractivity (Wildman–Crippen MR) is 112 cm³/mol. The van der Waals surface area contributed by atoms with E-state index in [0.717, 1.165) is 24.7 Å². The SMILES string of the molecule is CCOCCn1c(=O)c2c([nH]c3[n+]2C[C@H](C)CN3c2ccc(C)cc2)n(C)c1=O. The Kier molecular flexibility index (Phi) is 5.04. The summed E-state index contributed by atoms with van der Waals surface area (Å²) in [5, 5.41) is 0. The van der Waals surface area contributed by atoms with Crippen molar-refractivity contribution in [2.24, 2.45) is 13.0 Å². The molecule has 8 nitrogen and oxygen atoms in total. The van der Waals surface area contributed by atoms with Gasteiger partial charge in [-0.1, -0.05) is 24.6 Å². The van der Waals surface area contributed by atoms with Gasteiger partial charge in [0.05, 0.1) is 26.2 Å². The Labute approximate surface area is 169 Å². The second-order valence-electron chi connectivity index (χ2n) is 7.80. The van der Waals surface area contributed by atoms with E-state index < -0.39 is 0 Å². The van der Waals surface area contributed by atoms with Gasteiger partial charge in [0, 0.05) is 19.6 Å². The highest BCUT2D eigenvalue weighted by atomic mass is 16.5. The first-order valence-corrected chi connectivity index (χ1v) is 10.1. The van der Waals surface area contributed by atoms with Gasteiger partial charge in [0.1, 0.15) is 5.69 Å². The molecule has 2 aromatic heterocycles. The normalized spacial score (nSPS) is 16.4. The molecule has 0 fully saturated rings. The van der Waals surface area contributed by atoms with Crippen LogP contribution in [0.4, 0.5) is 11.6 Å². The van der Waals surface area contributed by atoms with Gasteiger partial charge in [0.2, 0.25) is 11.2 Å². The van der Waals surface area contributed by atoms with E-state index in [9.17, 15) is 9.59 Å². The number of hydrogen-bond acceptors (Lipinski definition) is 4. The third-order valence-corrected chi connectivity index (χ3v) is 5.53. The fourth-order valence-corrected chi connectivity index (χ4v) is 4.03. The first-order valence-electron chi connectivity index (χ1n) is 10.1. The van der Waals surface area contributed by atoms with Crippen molar-refractivity contribution in [3.63, 3.8) is 0 Å². The number of benzene rings is 1. The number of ether oxygens (including phenoxy) is 1. The highest BCUT2D eigenvalue weighted by Gasteiger charge is 2.35. The average molecular weight is 398 g/mol. The second-order valence-corrected chi connectivity index (χ2v) is 7.80. The zero-order valence-electron chi connectivity index (χ0n) is 17.4. The van der Waals surface area contributed by atoms with E-state index in [1.807, 2.05) is 11.5 Å². The molecule has 0 amide bonds. The molecule has 1 N–H and O–H groups in total. The molecule has 1 aliphatic rings. The number of nitrogens with one attached hydrogen (secondary N) is 1. The lowest BCUT2D eigenvalue weighted by atomic mass is 10.1. The summed E-state index contributed by atoms with van der Waals surface area (Å²) >= 11 is 0.